The van der Waals surface area contributed by atoms with Crippen LogP contribution in [-0.4, -0.2) is 0 Å². The minimum absolute atomic E-state index is 0.213. The number of ether oxygens (including phenoxy) is 1. The first-order valence-electron chi connectivity index (χ1n) is 16.0. The third-order valence-corrected chi connectivity index (χ3v) is 10.3. The first-order chi connectivity index (χ1) is 22.7. The number of hydrogen-bond acceptors (Lipinski definition) is 1. The largest absolute Gasteiger partial charge is 0.457 e. The van der Waals surface area contributed by atoms with Gasteiger partial charge < -0.3 is 4.74 Å². The summed E-state index contributed by atoms with van der Waals surface area (Å²) in [5, 5.41) is 0. The normalized spacial score (nSPS) is 16.8. The van der Waals surface area contributed by atoms with Crippen LogP contribution in [0.15, 0.2) is 176 Å². The molecule has 7 aromatic carbocycles. The van der Waals surface area contributed by atoms with E-state index in [2.05, 4.69) is 183 Å². The van der Waals surface area contributed by atoms with Crippen LogP contribution in [0.4, 0.5) is 0 Å². The van der Waals surface area contributed by atoms with Crippen molar-refractivity contribution in [2.45, 2.75) is 17.8 Å². The van der Waals surface area contributed by atoms with Crippen LogP contribution in [0.5, 0.6) is 11.5 Å². The Kier molecular flexibility index (Phi) is 5.92. The molecule has 1 nitrogen and oxygen atoms in total. The number of fused-ring (bicyclic) bond motifs is 5. The lowest BCUT2D eigenvalue weighted by Crippen LogP contribution is -2.34. The van der Waals surface area contributed by atoms with Crippen molar-refractivity contribution in [3.8, 4) is 33.8 Å². The molecule has 0 N–H and O–H groups in total. The van der Waals surface area contributed by atoms with Crippen molar-refractivity contribution in [1.82, 2.24) is 0 Å². The molecule has 1 aliphatic heterocycles. The van der Waals surface area contributed by atoms with Crippen LogP contribution in [-0.2, 0) is 10.8 Å². The topological polar surface area (TPSA) is 9.23 Å². The summed E-state index contributed by atoms with van der Waals surface area (Å²) in [6.45, 7) is 2.37. The van der Waals surface area contributed by atoms with Crippen LogP contribution < -0.4 is 4.74 Å². The molecule has 0 saturated carbocycles. The molecule has 1 unspecified atom stereocenters. The van der Waals surface area contributed by atoms with Crippen LogP contribution in [0.25, 0.3) is 22.3 Å². The summed E-state index contributed by atoms with van der Waals surface area (Å²) in [5.41, 5.74) is 13.0. The van der Waals surface area contributed by atoms with E-state index in [9.17, 15) is 0 Å². The van der Waals surface area contributed by atoms with Crippen molar-refractivity contribution >= 4 is 0 Å². The second-order valence-corrected chi connectivity index (χ2v) is 12.6. The van der Waals surface area contributed by atoms with Gasteiger partial charge in [0.1, 0.15) is 11.5 Å². The van der Waals surface area contributed by atoms with E-state index in [0.717, 1.165) is 22.6 Å². The molecular weight excluding hydrogens is 556 g/mol. The highest BCUT2D eigenvalue weighted by atomic mass is 16.5. The number of para-hydroxylation sites is 1. The quantitative estimate of drug-likeness (QED) is 0.199. The Morgan fingerprint density at radius 2 is 0.870 bits per heavy atom. The third-order valence-electron chi connectivity index (χ3n) is 10.3. The predicted octanol–water partition coefficient (Wildman–Crippen LogP) is 11.2. The van der Waals surface area contributed by atoms with Gasteiger partial charge in [-0.05, 0) is 81.3 Å². The molecule has 0 aromatic heterocycles. The highest BCUT2D eigenvalue weighted by Crippen LogP contribution is 2.57. The van der Waals surface area contributed by atoms with Gasteiger partial charge in [-0.1, -0.05) is 152 Å². The lowest BCUT2D eigenvalue weighted by molar-refractivity contribution is 0.434. The Hall–Kier alpha value is -5.66. The SMILES string of the molecule is CC1(c2ccccc2)c2ccccc2-c2cc(-c3ccc4c(c3)C(c3ccccc3)(c3ccccc3)c3ccccc3O4)ccc21. The summed E-state index contributed by atoms with van der Waals surface area (Å²) in [5.74, 6) is 1.78. The van der Waals surface area contributed by atoms with Crippen molar-refractivity contribution in [3.05, 3.63) is 215 Å². The molecule has 0 fully saturated rings. The molecule has 218 valence electrons. The second kappa shape index (κ2) is 10.2. The van der Waals surface area contributed by atoms with Gasteiger partial charge in [0, 0.05) is 16.5 Å². The average Bonchev–Trinajstić information content (AvgIpc) is 3.40. The summed E-state index contributed by atoms with van der Waals surface area (Å²) in [6.07, 6.45) is 0. The molecule has 0 saturated heterocycles. The summed E-state index contributed by atoms with van der Waals surface area (Å²) >= 11 is 0. The maximum absolute atomic E-state index is 6.66. The van der Waals surface area contributed by atoms with Crippen LogP contribution in [0, 0.1) is 0 Å². The summed E-state index contributed by atoms with van der Waals surface area (Å²) in [7, 11) is 0. The van der Waals surface area contributed by atoms with Gasteiger partial charge in [-0.3, -0.25) is 0 Å². The zero-order chi connectivity index (χ0) is 30.7. The van der Waals surface area contributed by atoms with Gasteiger partial charge in [-0.2, -0.15) is 0 Å². The Balaban J connectivity index is 1.28. The summed E-state index contributed by atoms with van der Waals surface area (Å²) in [4.78, 5) is 0. The van der Waals surface area contributed by atoms with Crippen molar-refractivity contribution in [1.29, 1.82) is 0 Å². The first-order valence-corrected chi connectivity index (χ1v) is 16.0. The van der Waals surface area contributed by atoms with E-state index in [1.165, 1.54) is 50.1 Å². The molecule has 1 heterocycles. The van der Waals surface area contributed by atoms with E-state index in [1.807, 2.05) is 0 Å². The van der Waals surface area contributed by atoms with Gasteiger partial charge in [-0.25, -0.2) is 0 Å². The van der Waals surface area contributed by atoms with Crippen LogP contribution in [0.1, 0.15) is 45.9 Å². The molecule has 0 bridgehead atoms. The summed E-state index contributed by atoms with van der Waals surface area (Å²) < 4.78 is 6.66. The van der Waals surface area contributed by atoms with Gasteiger partial charge in [0.25, 0.3) is 0 Å². The van der Waals surface area contributed by atoms with E-state index in [0.29, 0.717) is 0 Å². The van der Waals surface area contributed by atoms with Gasteiger partial charge in [0.15, 0.2) is 0 Å². The molecule has 2 aliphatic rings. The summed E-state index contributed by atoms with van der Waals surface area (Å²) in [6, 6.07) is 63.9. The molecule has 46 heavy (non-hydrogen) atoms. The maximum Gasteiger partial charge on any atom is 0.132 e. The molecule has 0 spiro atoms. The van der Waals surface area contributed by atoms with Gasteiger partial charge >= 0.3 is 0 Å². The zero-order valence-corrected chi connectivity index (χ0v) is 25.7. The lowest BCUT2D eigenvalue weighted by atomic mass is 9.63. The molecule has 1 atom stereocenters. The fraction of sp³-hybridized carbons (Fsp3) is 0.0667. The van der Waals surface area contributed by atoms with E-state index >= 15 is 0 Å². The predicted molar refractivity (Wildman–Crippen MR) is 188 cm³/mol. The van der Waals surface area contributed by atoms with Crippen LogP contribution in [0.2, 0.25) is 0 Å². The highest BCUT2D eigenvalue weighted by molar-refractivity contribution is 5.87. The number of benzene rings is 7. The van der Waals surface area contributed by atoms with Gasteiger partial charge in [0.05, 0.1) is 5.41 Å². The third kappa shape index (κ3) is 3.69. The molecule has 0 radical (unpaired) electrons. The van der Waals surface area contributed by atoms with Gasteiger partial charge in [-0.15, -0.1) is 0 Å². The molecular formula is C45H32O. The number of hydrogen-bond donors (Lipinski definition) is 0. The van der Waals surface area contributed by atoms with E-state index in [1.54, 1.807) is 0 Å². The van der Waals surface area contributed by atoms with Crippen molar-refractivity contribution in [3.63, 3.8) is 0 Å². The van der Waals surface area contributed by atoms with E-state index in [-0.39, 0.29) is 5.41 Å². The lowest BCUT2D eigenvalue weighted by Gasteiger charge is -2.41. The smallest absolute Gasteiger partial charge is 0.132 e. The fourth-order valence-electron chi connectivity index (χ4n) is 8.15. The second-order valence-electron chi connectivity index (χ2n) is 12.6. The van der Waals surface area contributed by atoms with Crippen molar-refractivity contribution < 1.29 is 4.74 Å². The Labute approximate surface area is 270 Å². The standard InChI is InChI=1S/C45H32O/c1-44(33-15-5-2-6-16-33)38-22-12-11-21-36(38)37-29-31(25-27-39(37)44)32-26-28-43-41(30-32)45(34-17-7-3-8-18-34,35-19-9-4-10-20-35)40-23-13-14-24-42(40)46-43/h2-30H,1H3. The van der Waals surface area contributed by atoms with Crippen molar-refractivity contribution in [2.75, 3.05) is 0 Å². The molecule has 9 rings (SSSR count). The Bertz CT molecular complexity index is 2190. The first kappa shape index (κ1) is 26.7. The number of rotatable bonds is 4. The molecule has 0 amide bonds. The monoisotopic (exact) mass is 588 g/mol. The van der Waals surface area contributed by atoms with Gasteiger partial charge in [0.2, 0.25) is 0 Å². The fourth-order valence-corrected chi connectivity index (χ4v) is 8.15. The zero-order valence-electron chi connectivity index (χ0n) is 25.7. The Morgan fingerprint density at radius 1 is 0.370 bits per heavy atom. The van der Waals surface area contributed by atoms with Crippen molar-refractivity contribution in [2.24, 2.45) is 0 Å². The minimum Gasteiger partial charge on any atom is -0.457 e. The average molecular weight is 589 g/mol. The van der Waals surface area contributed by atoms with E-state index in [4.69, 9.17) is 4.74 Å². The molecule has 1 heteroatoms. The van der Waals surface area contributed by atoms with E-state index < -0.39 is 5.41 Å². The van der Waals surface area contributed by atoms with Crippen LogP contribution >= 0.6 is 0 Å². The molecule has 1 aliphatic carbocycles. The highest BCUT2D eigenvalue weighted by Gasteiger charge is 2.45. The van der Waals surface area contributed by atoms with Crippen LogP contribution in [0.3, 0.4) is 0 Å². The minimum atomic E-state index is -0.544. The Morgan fingerprint density at radius 3 is 1.57 bits per heavy atom. The maximum atomic E-state index is 6.66. The molecule has 7 aromatic rings.